The largest absolute Gasteiger partial charge is 0.382 e. The predicted octanol–water partition coefficient (Wildman–Crippen LogP) is 3.79. The third kappa shape index (κ3) is 3.66. The van der Waals surface area contributed by atoms with Crippen LogP contribution in [0.5, 0.6) is 0 Å². The summed E-state index contributed by atoms with van der Waals surface area (Å²) in [4.78, 5) is 8.86. The van der Waals surface area contributed by atoms with Crippen LogP contribution in [-0.4, -0.2) is 22.8 Å². The van der Waals surface area contributed by atoms with E-state index >= 15 is 0 Å². The van der Waals surface area contributed by atoms with Gasteiger partial charge in [0.05, 0.1) is 5.69 Å². The van der Waals surface area contributed by atoms with Crippen LogP contribution >= 0.6 is 11.8 Å². The topological polar surface area (TPSA) is 76.5 Å². The monoisotopic (exact) mass is 267 g/mol. The molecule has 5 nitrogen and oxygen atoms in total. The zero-order valence-corrected chi connectivity index (χ0v) is 12.3. The van der Waals surface area contributed by atoms with Gasteiger partial charge in [0.2, 0.25) is 0 Å². The molecule has 18 heavy (non-hydrogen) atoms. The van der Waals surface area contributed by atoms with Crippen LogP contribution in [0.25, 0.3) is 0 Å². The molecule has 0 aliphatic heterocycles. The number of nitrogen functional groups attached to an aromatic ring is 1. The summed E-state index contributed by atoms with van der Waals surface area (Å²) >= 11 is 1.63. The number of anilines is 1. The van der Waals surface area contributed by atoms with E-state index in [1.54, 1.807) is 18.8 Å². The Labute approximate surface area is 113 Å². The lowest BCUT2D eigenvalue weighted by molar-refractivity contribution is 0.690. The Kier molecular flexibility index (Phi) is 6.04. The van der Waals surface area contributed by atoms with Gasteiger partial charge in [-0.05, 0) is 12.8 Å². The van der Waals surface area contributed by atoms with Crippen molar-refractivity contribution in [2.24, 2.45) is 10.2 Å². The van der Waals surface area contributed by atoms with E-state index < -0.39 is 0 Å². The zero-order valence-electron chi connectivity index (χ0n) is 11.5. The van der Waals surface area contributed by atoms with Gasteiger partial charge in [0.25, 0.3) is 0 Å². The lowest BCUT2D eigenvalue weighted by atomic mass is 10.0. The summed E-state index contributed by atoms with van der Waals surface area (Å²) in [6, 6.07) is 0. The van der Waals surface area contributed by atoms with Gasteiger partial charge in [-0.1, -0.05) is 32.5 Å². The second-order valence-electron chi connectivity index (χ2n) is 4.08. The molecule has 0 aliphatic rings. The first-order valence-electron chi connectivity index (χ1n) is 6.24. The Bertz CT molecular complexity index is 419. The van der Waals surface area contributed by atoms with Gasteiger partial charge < -0.3 is 5.73 Å². The molecule has 0 bridgehead atoms. The quantitative estimate of drug-likeness (QED) is 0.483. The molecule has 0 radical (unpaired) electrons. The number of nitrogens with zero attached hydrogens (tertiary/aromatic N) is 4. The number of hydrogen-bond acceptors (Lipinski definition) is 6. The predicted molar refractivity (Wildman–Crippen MR) is 76.6 cm³/mol. The summed E-state index contributed by atoms with van der Waals surface area (Å²) in [6.07, 6.45) is 2.07. The Morgan fingerprint density at radius 1 is 1.33 bits per heavy atom. The van der Waals surface area contributed by atoms with Gasteiger partial charge in [-0.3, -0.25) is 0 Å². The van der Waals surface area contributed by atoms with Crippen LogP contribution in [0.2, 0.25) is 0 Å². The molecule has 1 aromatic heterocycles. The van der Waals surface area contributed by atoms with Crippen molar-refractivity contribution in [3.05, 3.63) is 5.69 Å². The van der Waals surface area contributed by atoms with Gasteiger partial charge >= 0.3 is 0 Å². The van der Waals surface area contributed by atoms with Crippen LogP contribution < -0.4 is 5.73 Å². The second kappa shape index (κ2) is 7.31. The van der Waals surface area contributed by atoms with Crippen molar-refractivity contribution < 1.29 is 0 Å². The SMILES string of the molecule is CCCSc1nc(N)c(N=NC)c(C(C)CC)n1. The van der Waals surface area contributed by atoms with Crippen LogP contribution in [0.4, 0.5) is 11.5 Å². The van der Waals surface area contributed by atoms with Crippen molar-refractivity contribution in [2.75, 3.05) is 18.5 Å². The molecule has 0 fully saturated rings. The number of hydrogen-bond donors (Lipinski definition) is 1. The van der Waals surface area contributed by atoms with Crippen molar-refractivity contribution in [3.8, 4) is 0 Å². The van der Waals surface area contributed by atoms with Gasteiger partial charge in [-0.2, -0.15) is 10.2 Å². The number of thioether (sulfide) groups is 1. The van der Waals surface area contributed by atoms with E-state index in [-0.39, 0.29) is 0 Å². The van der Waals surface area contributed by atoms with Gasteiger partial charge in [0.1, 0.15) is 5.69 Å². The normalized spacial score (nSPS) is 13.1. The number of rotatable bonds is 6. The second-order valence-corrected chi connectivity index (χ2v) is 5.15. The average molecular weight is 267 g/mol. The molecule has 1 unspecified atom stereocenters. The van der Waals surface area contributed by atoms with Crippen molar-refractivity contribution in [2.45, 2.75) is 44.7 Å². The van der Waals surface area contributed by atoms with E-state index in [1.165, 1.54) is 0 Å². The average Bonchev–Trinajstić information content (AvgIpc) is 2.38. The van der Waals surface area contributed by atoms with Gasteiger partial charge in [-0.15, -0.1) is 0 Å². The lowest BCUT2D eigenvalue weighted by Crippen LogP contribution is -2.04. The molecule has 0 saturated heterocycles. The van der Waals surface area contributed by atoms with E-state index in [2.05, 4.69) is 41.0 Å². The molecule has 1 rings (SSSR count). The summed E-state index contributed by atoms with van der Waals surface area (Å²) < 4.78 is 0. The molecule has 0 spiro atoms. The maximum absolute atomic E-state index is 5.95. The fourth-order valence-electron chi connectivity index (χ4n) is 1.47. The molecule has 0 aliphatic carbocycles. The maximum atomic E-state index is 5.95. The van der Waals surface area contributed by atoms with Crippen molar-refractivity contribution in [1.29, 1.82) is 0 Å². The first-order valence-corrected chi connectivity index (χ1v) is 7.22. The van der Waals surface area contributed by atoms with Gasteiger partial charge in [0, 0.05) is 18.7 Å². The first-order chi connectivity index (χ1) is 8.63. The summed E-state index contributed by atoms with van der Waals surface area (Å²) in [6.45, 7) is 6.37. The minimum absolute atomic E-state index is 0.303. The van der Waals surface area contributed by atoms with Crippen molar-refractivity contribution >= 4 is 23.3 Å². The fraction of sp³-hybridized carbons (Fsp3) is 0.667. The third-order valence-electron chi connectivity index (χ3n) is 2.63. The Morgan fingerprint density at radius 2 is 2.06 bits per heavy atom. The van der Waals surface area contributed by atoms with E-state index in [1.807, 2.05) is 0 Å². The summed E-state index contributed by atoms with van der Waals surface area (Å²) in [5.74, 6) is 1.72. The highest BCUT2D eigenvalue weighted by Gasteiger charge is 2.17. The van der Waals surface area contributed by atoms with E-state index in [0.717, 1.165) is 29.4 Å². The number of nitrogens with two attached hydrogens (primary N) is 1. The molecular formula is C12H21N5S. The highest BCUT2D eigenvalue weighted by Crippen LogP contribution is 2.33. The number of aromatic nitrogens is 2. The fourth-order valence-corrected chi connectivity index (χ4v) is 2.18. The molecule has 0 saturated carbocycles. The third-order valence-corrected chi connectivity index (χ3v) is 3.69. The Morgan fingerprint density at radius 3 is 2.61 bits per heavy atom. The van der Waals surface area contributed by atoms with Gasteiger partial charge in [0.15, 0.2) is 11.0 Å². The molecular weight excluding hydrogens is 246 g/mol. The van der Waals surface area contributed by atoms with Gasteiger partial charge in [-0.25, -0.2) is 9.97 Å². The first kappa shape index (κ1) is 14.9. The van der Waals surface area contributed by atoms with Crippen molar-refractivity contribution in [3.63, 3.8) is 0 Å². The van der Waals surface area contributed by atoms with E-state index in [4.69, 9.17) is 5.73 Å². The van der Waals surface area contributed by atoms with Crippen LogP contribution in [0.15, 0.2) is 15.4 Å². The van der Waals surface area contributed by atoms with Crippen LogP contribution in [-0.2, 0) is 0 Å². The molecule has 1 atom stereocenters. The van der Waals surface area contributed by atoms with Crippen LogP contribution in [0, 0.1) is 0 Å². The molecule has 100 valence electrons. The zero-order chi connectivity index (χ0) is 13.5. The Balaban J connectivity index is 3.18. The Hall–Kier alpha value is -1.17. The summed E-state index contributed by atoms with van der Waals surface area (Å²) in [7, 11) is 1.62. The maximum Gasteiger partial charge on any atom is 0.189 e. The van der Waals surface area contributed by atoms with Crippen molar-refractivity contribution in [1.82, 2.24) is 9.97 Å². The minimum atomic E-state index is 0.303. The van der Waals surface area contributed by atoms with Crippen LogP contribution in [0.3, 0.4) is 0 Å². The standard InChI is InChI=1S/C12H21N5S/c1-5-7-18-12-15-9(8(3)6-2)10(17-14-4)11(13)16-12/h8H,5-7H2,1-4H3,(H2,13,15,16). The highest BCUT2D eigenvalue weighted by molar-refractivity contribution is 7.99. The summed E-state index contributed by atoms with van der Waals surface area (Å²) in [5.41, 5.74) is 7.47. The molecule has 0 amide bonds. The molecule has 1 aromatic rings. The lowest BCUT2D eigenvalue weighted by Gasteiger charge is -2.13. The molecule has 2 N–H and O–H groups in total. The minimum Gasteiger partial charge on any atom is -0.382 e. The number of azo groups is 1. The van der Waals surface area contributed by atoms with E-state index in [0.29, 0.717) is 17.4 Å². The highest BCUT2D eigenvalue weighted by atomic mass is 32.2. The smallest absolute Gasteiger partial charge is 0.189 e. The molecule has 1 heterocycles. The molecule has 6 heteroatoms. The van der Waals surface area contributed by atoms with Crippen LogP contribution in [0.1, 0.15) is 45.2 Å². The summed E-state index contributed by atoms with van der Waals surface area (Å²) in [5, 5.41) is 8.59. The molecule has 0 aromatic carbocycles. The van der Waals surface area contributed by atoms with E-state index in [9.17, 15) is 0 Å².